The Kier molecular flexibility index (Phi) is 13.5. The molecule has 1 N–H and O–H groups in total. The molecule has 2 aliphatic rings. The number of rotatable bonds is 16. The van der Waals surface area contributed by atoms with Crippen molar-refractivity contribution in [1.82, 2.24) is 0 Å². The van der Waals surface area contributed by atoms with Gasteiger partial charge in [-0.15, -0.1) is 0 Å². The normalized spacial score (nSPS) is 29.9. The summed E-state index contributed by atoms with van der Waals surface area (Å²) >= 11 is 0. The van der Waals surface area contributed by atoms with Gasteiger partial charge in [-0.05, 0) is 16.7 Å². The van der Waals surface area contributed by atoms with Gasteiger partial charge in [-0.2, -0.15) is 0 Å². The lowest BCUT2D eigenvalue weighted by atomic mass is 9.98. The predicted octanol–water partition coefficient (Wildman–Crippen LogP) is 4.27. The van der Waals surface area contributed by atoms with Crippen LogP contribution in [0.2, 0.25) is 0 Å². The zero-order valence-corrected chi connectivity index (χ0v) is 26.7. The van der Waals surface area contributed by atoms with Gasteiger partial charge < -0.3 is 47.7 Å². The third kappa shape index (κ3) is 9.42. The van der Waals surface area contributed by atoms with Crippen LogP contribution in [0.5, 0.6) is 0 Å². The van der Waals surface area contributed by atoms with Crippen molar-refractivity contribution in [2.75, 3.05) is 34.5 Å². The van der Waals surface area contributed by atoms with Gasteiger partial charge in [0.25, 0.3) is 0 Å². The first-order valence-electron chi connectivity index (χ1n) is 15.7. The van der Waals surface area contributed by atoms with Gasteiger partial charge in [-0.25, -0.2) is 0 Å². The summed E-state index contributed by atoms with van der Waals surface area (Å²) in [4.78, 5) is 0. The molecule has 2 heterocycles. The molecule has 0 unspecified atom stereocenters. The Balaban J connectivity index is 1.31. The Morgan fingerprint density at radius 1 is 0.565 bits per heavy atom. The minimum Gasteiger partial charge on any atom is -0.376 e. The second-order valence-corrected chi connectivity index (χ2v) is 11.4. The second-order valence-electron chi connectivity index (χ2n) is 11.4. The highest BCUT2D eigenvalue weighted by atomic mass is 16.7. The van der Waals surface area contributed by atoms with E-state index < -0.39 is 49.2 Å². The number of hydrogen-bond donors (Lipinski definition) is 1. The van der Waals surface area contributed by atoms with E-state index in [1.54, 1.807) is 14.2 Å². The maximum atomic E-state index is 10.6. The fraction of sp³-hybridized carbons (Fsp3) is 0.500. The van der Waals surface area contributed by atoms with Crippen molar-refractivity contribution in [3.63, 3.8) is 0 Å². The molecular weight excluding hydrogens is 592 g/mol. The zero-order chi connectivity index (χ0) is 32.1. The van der Waals surface area contributed by atoms with E-state index in [1.165, 1.54) is 7.11 Å². The predicted molar refractivity (Wildman–Crippen MR) is 169 cm³/mol. The van der Waals surface area contributed by atoms with Crippen molar-refractivity contribution in [2.45, 2.75) is 81.5 Å². The standard InChI is InChI=1S/C36H46O10/c1-38-33-30(46-36(37)35(40-3)34(33)39-2)24-43-31-19-28(42-21-26-15-9-5-10-16-26)32(44-22-27-17-11-6-12-18-27)29(45-31)23-41-20-25-13-7-4-8-14-25/h4-18,28-37H,19-24H2,1-3H3/t28-,29-,30-,31+,32+,33-,34+,35-,36+/m1/s1. The summed E-state index contributed by atoms with van der Waals surface area (Å²) in [6.07, 6.45) is -5.20. The minimum absolute atomic E-state index is 0.0784. The first-order valence-corrected chi connectivity index (χ1v) is 15.7. The summed E-state index contributed by atoms with van der Waals surface area (Å²) in [5, 5.41) is 10.6. The molecule has 10 nitrogen and oxygen atoms in total. The van der Waals surface area contributed by atoms with Crippen LogP contribution >= 0.6 is 0 Å². The third-order valence-electron chi connectivity index (χ3n) is 8.34. The number of ether oxygens (including phenoxy) is 9. The third-order valence-corrected chi connectivity index (χ3v) is 8.34. The van der Waals surface area contributed by atoms with Crippen LogP contribution in [0.1, 0.15) is 23.1 Å². The van der Waals surface area contributed by atoms with Crippen molar-refractivity contribution >= 4 is 0 Å². The molecule has 250 valence electrons. The van der Waals surface area contributed by atoms with Crippen LogP contribution in [0.25, 0.3) is 0 Å². The maximum Gasteiger partial charge on any atom is 0.184 e. The summed E-state index contributed by atoms with van der Waals surface area (Å²) < 4.78 is 54.7. The Morgan fingerprint density at radius 3 is 1.65 bits per heavy atom. The van der Waals surface area contributed by atoms with Crippen LogP contribution in [-0.2, 0) is 62.5 Å². The number of aliphatic hydroxyl groups is 1. The van der Waals surface area contributed by atoms with Gasteiger partial charge >= 0.3 is 0 Å². The van der Waals surface area contributed by atoms with Crippen molar-refractivity contribution in [3.8, 4) is 0 Å². The molecule has 0 saturated carbocycles. The quantitative estimate of drug-likeness (QED) is 0.245. The summed E-state index contributed by atoms with van der Waals surface area (Å²) in [5.41, 5.74) is 3.16. The highest BCUT2D eigenvalue weighted by Crippen LogP contribution is 2.31. The van der Waals surface area contributed by atoms with Crippen molar-refractivity contribution in [1.29, 1.82) is 0 Å². The lowest BCUT2D eigenvalue weighted by Crippen LogP contribution is -2.61. The Labute approximate surface area is 271 Å². The fourth-order valence-electron chi connectivity index (χ4n) is 5.96. The molecule has 2 aliphatic heterocycles. The van der Waals surface area contributed by atoms with Crippen LogP contribution in [0, 0.1) is 0 Å². The molecule has 0 aromatic heterocycles. The Hall–Kier alpha value is -2.74. The van der Waals surface area contributed by atoms with E-state index in [4.69, 9.17) is 42.6 Å². The highest BCUT2D eigenvalue weighted by Gasteiger charge is 2.47. The number of benzene rings is 3. The molecule has 0 aliphatic carbocycles. The molecular formula is C36H46O10. The van der Waals surface area contributed by atoms with Crippen molar-refractivity contribution < 1.29 is 47.7 Å². The fourth-order valence-corrected chi connectivity index (χ4v) is 5.96. The molecule has 3 aromatic carbocycles. The van der Waals surface area contributed by atoms with Gasteiger partial charge in [-0.1, -0.05) is 91.0 Å². The largest absolute Gasteiger partial charge is 0.376 e. The lowest BCUT2D eigenvalue weighted by molar-refractivity contribution is -0.320. The molecule has 10 heteroatoms. The minimum atomic E-state index is -1.21. The van der Waals surface area contributed by atoms with Crippen LogP contribution in [0.4, 0.5) is 0 Å². The summed E-state index contributed by atoms with van der Waals surface area (Å²) in [5.74, 6) is 0. The van der Waals surface area contributed by atoms with Gasteiger partial charge in [0.2, 0.25) is 0 Å². The summed E-state index contributed by atoms with van der Waals surface area (Å²) in [7, 11) is 4.61. The van der Waals surface area contributed by atoms with E-state index in [2.05, 4.69) is 0 Å². The summed E-state index contributed by atoms with van der Waals surface area (Å²) in [6, 6.07) is 30.0. The molecule has 2 fully saturated rings. The monoisotopic (exact) mass is 638 g/mol. The SMILES string of the molecule is CO[C@@H]1[C@@H](OC)[C@@H](O)O[C@H](CO[C@@H]2C[C@@H](OCc3ccccc3)[C@H](OCc3ccccc3)[C@@H](COCc3ccccc3)O2)[C@H]1OC. The number of methoxy groups -OCH3 is 3. The average molecular weight is 639 g/mol. The van der Waals surface area contributed by atoms with E-state index in [9.17, 15) is 5.11 Å². The molecule has 5 rings (SSSR count). The molecule has 46 heavy (non-hydrogen) atoms. The smallest absolute Gasteiger partial charge is 0.184 e. The Morgan fingerprint density at radius 2 is 1.09 bits per heavy atom. The first-order chi connectivity index (χ1) is 22.6. The van der Waals surface area contributed by atoms with Gasteiger partial charge in [0, 0.05) is 27.8 Å². The van der Waals surface area contributed by atoms with Gasteiger partial charge in [0.05, 0.1) is 39.1 Å². The van der Waals surface area contributed by atoms with E-state index in [1.807, 2.05) is 91.0 Å². The Bertz CT molecular complexity index is 1250. The van der Waals surface area contributed by atoms with Crippen molar-refractivity contribution in [3.05, 3.63) is 108 Å². The van der Waals surface area contributed by atoms with Crippen LogP contribution in [-0.4, -0.2) is 95.0 Å². The molecule has 9 atom stereocenters. The van der Waals surface area contributed by atoms with E-state index >= 15 is 0 Å². The molecule has 0 spiro atoms. The van der Waals surface area contributed by atoms with Crippen molar-refractivity contribution in [2.24, 2.45) is 0 Å². The van der Waals surface area contributed by atoms with Gasteiger partial charge in [0.15, 0.2) is 12.6 Å². The maximum absolute atomic E-state index is 10.6. The summed E-state index contributed by atoms with van der Waals surface area (Å²) in [6.45, 7) is 1.56. The topological polar surface area (TPSA) is 103 Å². The van der Waals surface area contributed by atoms with E-state index in [0.717, 1.165) is 16.7 Å². The second kappa shape index (κ2) is 18.0. The number of hydrogen-bond acceptors (Lipinski definition) is 10. The van der Waals surface area contributed by atoms with E-state index in [0.29, 0.717) is 26.2 Å². The van der Waals surface area contributed by atoms with E-state index in [-0.39, 0.29) is 19.3 Å². The van der Waals surface area contributed by atoms with Crippen LogP contribution in [0.15, 0.2) is 91.0 Å². The molecule has 0 amide bonds. The lowest BCUT2D eigenvalue weighted by Gasteiger charge is -2.44. The van der Waals surface area contributed by atoms with Gasteiger partial charge in [0.1, 0.15) is 36.6 Å². The molecule has 0 bridgehead atoms. The van der Waals surface area contributed by atoms with Gasteiger partial charge in [-0.3, -0.25) is 0 Å². The number of aliphatic hydroxyl groups excluding tert-OH is 1. The first kappa shape index (κ1) is 34.6. The van der Waals surface area contributed by atoms with Crippen LogP contribution in [0.3, 0.4) is 0 Å². The highest BCUT2D eigenvalue weighted by molar-refractivity contribution is 5.15. The zero-order valence-electron chi connectivity index (χ0n) is 26.7. The van der Waals surface area contributed by atoms with Crippen LogP contribution < -0.4 is 0 Å². The average Bonchev–Trinajstić information content (AvgIpc) is 3.10. The molecule has 3 aromatic rings. The molecule has 0 radical (unpaired) electrons. The molecule has 2 saturated heterocycles.